The maximum Gasteiger partial charge on any atom is 0.253 e. The van der Waals surface area contributed by atoms with E-state index in [-0.39, 0.29) is 0 Å². The SMILES string of the molecule is CCC1=[N+]C=CC=C1. The van der Waals surface area contributed by atoms with Crippen molar-refractivity contribution in [2.24, 2.45) is 0 Å². The van der Waals surface area contributed by atoms with Crippen molar-refractivity contribution in [3.63, 3.8) is 0 Å². The van der Waals surface area contributed by atoms with Gasteiger partial charge in [-0.05, 0) is 6.08 Å². The van der Waals surface area contributed by atoms with Gasteiger partial charge in [0.1, 0.15) is 0 Å². The van der Waals surface area contributed by atoms with Crippen LogP contribution in [0.15, 0.2) is 24.4 Å². The zero-order valence-corrected chi connectivity index (χ0v) is 4.96. The van der Waals surface area contributed by atoms with Crippen LogP contribution < -0.4 is 4.99 Å². The van der Waals surface area contributed by atoms with E-state index >= 15 is 0 Å². The molecule has 0 aromatic rings. The Bertz CT molecular complexity index is 152. The summed E-state index contributed by atoms with van der Waals surface area (Å²) in [5.41, 5.74) is 1.16. The summed E-state index contributed by atoms with van der Waals surface area (Å²) < 4.78 is 0. The highest BCUT2D eigenvalue weighted by Gasteiger charge is 2.01. The topological polar surface area (TPSA) is 14.1 Å². The maximum atomic E-state index is 4.10. The van der Waals surface area contributed by atoms with Crippen molar-refractivity contribution in [3.8, 4) is 0 Å². The van der Waals surface area contributed by atoms with Gasteiger partial charge in [-0.2, -0.15) is 0 Å². The molecule has 1 aliphatic heterocycles. The zero-order chi connectivity index (χ0) is 5.82. The Hall–Kier alpha value is -0.850. The van der Waals surface area contributed by atoms with Gasteiger partial charge in [0.15, 0.2) is 0 Å². The van der Waals surface area contributed by atoms with Gasteiger partial charge >= 0.3 is 0 Å². The van der Waals surface area contributed by atoms with Crippen molar-refractivity contribution >= 4 is 5.71 Å². The number of rotatable bonds is 1. The average Bonchev–Trinajstić information content (AvgIpc) is 1.90. The predicted octanol–water partition coefficient (Wildman–Crippen LogP) is 1.26. The van der Waals surface area contributed by atoms with Gasteiger partial charge in [-0.3, -0.25) is 0 Å². The van der Waals surface area contributed by atoms with Crippen LogP contribution in [0.3, 0.4) is 0 Å². The monoisotopic (exact) mass is 107 g/mol. The molecular weight excluding hydrogens is 98.1 g/mol. The minimum absolute atomic E-state index is 1.03. The van der Waals surface area contributed by atoms with Crippen molar-refractivity contribution < 1.29 is 0 Å². The molecule has 0 aromatic heterocycles. The van der Waals surface area contributed by atoms with Crippen molar-refractivity contribution in [1.82, 2.24) is 4.99 Å². The third-order valence-electron chi connectivity index (χ3n) is 1.09. The summed E-state index contributed by atoms with van der Waals surface area (Å²) in [5.74, 6) is 0. The van der Waals surface area contributed by atoms with Crippen LogP contribution in [0.25, 0.3) is 0 Å². The lowest BCUT2D eigenvalue weighted by Crippen LogP contribution is -1.99. The van der Waals surface area contributed by atoms with Crippen molar-refractivity contribution in [1.29, 1.82) is 0 Å². The van der Waals surface area contributed by atoms with Crippen LogP contribution in [0, 0.1) is 0 Å². The Kier molecular flexibility index (Phi) is 1.62. The van der Waals surface area contributed by atoms with Gasteiger partial charge in [0, 0.05) is 18.6 Å². The fourth-order valence-corrected chi connectivity index (χ4v) is 0.607. The van der Waals surface area contributed by atoms with E-state index in [0.717, 1.165) is 12.1 Å². The summed E-state index contributed by atoms with van der Waals surface area (Å²) in [6.07, 6.45) is 8.81. The molecule has 0 unspecified atom stereocenters. The Morgan fingerprint density at radius 1 is 1.50 bits per heavy atom. The molecule has 0 amide bonds. The molecule has 0 N–H and O–H groups in total. The van der Waals surface area contributed by atoms with Crippen LogP contribution in [-0.2, 0) is 0 Å². The molecule has 0 spiro atoms. The third kappa shape index (κ3) is 1.06. The molecule has 1 nitrogen and oxygen atoms in total. The highest BCUT2D eigenvalue weighted by atomic mass is 14.7. The highest BCUT2D eigenvalue weighted by molar-refractivity contribution is 5.94. The standard InChI is InChI=1S/C7H9N/c1-2-7-5-3-4-6-8-7/h3-6H,2H2,1H3/q+1. The molecule has 41 valence electrons. The van der Waals surface area contributed by atoms with Crippen molar-refractivity contribution in [2.45, 2.75) is 13.3 Å². The van der Waals surface area contributed by atoms with Gasteiger partial charge in [-0.25, -0.2) is 0 Å². The normalized spacial score (nSPS) is 16.4. The van der Waals surface area contributed by atoms with Crippen LogP contribution in [0.1, 0.15) is 13.3 Å². The van der Waals surface area contributed by atoms with Gasteiger partial charge in [0.2, 0.25) is 6.20 Å². The Balaban J connectivity index is 2.68. The van der Waals surface area contributed by atoms with Crippen LogP contribution in [0.5, 0.6) is 0 Å². The number of hydrogen-bond donors (Lipinski definition) is 0. The zero-order valence-electron chi connectivity index (χ0n) is 4.96. The first-order chi connectivity index (χ1) is 3.93. The summed E-state index contributed by atoms with van der Waals surface area (Å²) in [4.78, 5) is 4.10. The van der Waals surface area contributed by atoms with Crippen LogP contribution in [-0.4, -0.2) is 5.71 Å². The lowest BCUT2D eigenvalue weighted by molar-refractivity contribution is 1.22. The van der Waals surface area contributed by atoms with Crippen molar-refractivity contribution in [3.05, 3.63) is 24.4 Å². The molecule has 1 radical (unpaired) electrons. The van der Waals surface area contributed by atoms with E-state index in [0.29, 0.717) is 0 Å². The molecule has 0 atom stereocenters. The third-order valence-corrected chi connectivity index (χ3v) is 1.09. The second-order valence-corrected chi connectivity index (χ2v) is 1.67. The smallest absolute Gasteiger partial charge is 0.0552 e. The minimum Gasteiger partial charge on any atom is -0.0552 e. The van der Waals surface area contributed by atoms with E-state index < -0.39 is 0 Å². The van der Waals surface area contributed by atoms with Crippen LogP contribution in [0.2, 0.25) is 0 Å². The number of nitrogens with zero attached hydrogens (tertiary/aromatic N) is 1. The fraction of sp³-hybridized carbons (Fsp3) is 0.286. The van der Waals surface area contributed by atoms with E-state index in [2.05, 4.69) is 11.9 Å². The highest BCUT2D eigenvalue weighted by Crippen LogP contribution is 1.88. The second kappa shape index (κ2) is 2.46. The first-order valence-electron chi connectivity index (χ1n) is 2.83. The summed E-state index contributed by atoms with van der Waals surface area (Å²) in [6.45, 7) is 2.10. The van der Waals surface area contributed by atoms with E-state index in [4.69, 9.17) is 0 Å². The quantitative estimate of drug-likeness (QED) is 0.479. The molecule has 0 fully saturated rings. The first kappa shape index (κ1) is 5.29. The van der Waals surface area contributed by atoms with Crippen LogP contribution >= 0.6 is 0 Å². The Morgan fingerprint density at radius 3 is 2.75 bits per heavy atom. The lowest BCUT2D eigenvalue weighted by Gasteiger charge is -1.80. The summed E-state index contributed by atoms with van der Waals surface area (Å²) >= 11 is 0. The Morgan fingerprint density at radius 2 is 2.38 bits per heavy atom. The summed E-state index contributed by atoms with van der Waals surface area (Å²) in [6, 6.07) is 0. The van der Waals surface area contributed by atoms with Gasteiger partial charge in [0.05, 0.1) is 4.99 Å². The molecule has 1 rings (SSSR count). The van der Waals surface area contributed by atoms with Gasteiger partial charge < -0.3 is 0 Å². The molecule has 0 aromatic carbocycles. The second-order valence-electron chi connectivity index (χ2n) is 1.67. The molecule has 1 heterocycles. The molecular formula is C7H9N+. The first-order valence-corrected chi connectivity index (χ1v) is 2.83. The van der Waals surface area contributed by atoms with E-state index in [1.54, 1.807) is 0 Å². The Labute approximate surface area is 49.4 Å². The maximum absolute atomic E-state index is 4.10. The number of allylic oxidation sites excluding steroid dienone is 3. The molecule has 8 heavy (non-hydrogen) atoms. The van der Waals surface area contributed by atoms with E-state index in [1.807, 2.05) is 24.4 Å². The fourth-order valence-electron chi connectivity index (χ4n) is 0.607. The number of hydrogen-bond acceptors (Lipinski definition) is 1. The van der Waals surface area contributed by atoms with Crippen LogP contribution in [0.4, 0.5) is 0 Å². The van der Waals surface area contributed by atoms with Gasteiger partial charge in [-0.1, -0.05) is 6.92 Å². The average molecular weight is 107 g/mol. The molecule has 0 saturated carbocycles. The summed E-state index contributed by atoms with van der Waals surface area (Å²) in [5, 5.41) is 0. The molecule has 0 saturated heterocycles. The van der Waals surface area contributed by atoms with Gasteiger partial charge in [0.25, 0.3) is 5.71 Å². The largest absolute Gasteiger partial charge is 0.253 e. The van der Waals surface area contributed by atoms with Crippen molar-refractivity contribution in [2.75, 3.05) is 0 Å². The van der Waals surface area contributed by atoms with E-state index in [1.165, 1.54) is 0 Å². The molecule has 0 aliphatic carbocycles. The summed E-state index contributed by atoms with van der Waals surface area (Å²) in [7, 11) is 0. The molecule has 1 aliphatic rings. The number of aliphatic imine (C=N–C) groups is 1. The molecule has 0 bridgehead atoms. The van der Waals surface area contributed by atoms with E-state index in [9.17, 15) is 0 Å². The molecule has 1 heteroatoms. The minimum atomic E-state index is 1.03. The van der Waals surface area contributed by atoms with Gasteiger partial charge in [-0.15, -0.1) is 0 Å². The lowest BCUT2D eigenvalue weighted by atomic mass is 10.2. The predicted molar refractivity (Wildman–Crippen MR) is 35.7 cm³/mol.